The van der Waals surface area contributed by atoms with Crippen molar-refractivity contribution < 1.29 is 9.84 Å². The van der Waals surface area contributed by atoms with Gasteiger partial charge < -0.3 is 15.2 Å². The molecule has 0 saturated heterocycles. The van der Waals surface area contributed by atoms with Gasteiger partial charge in [0.15, 0.2) is 0 Å². The number of β-amino-alcohol motifs (C(OH)–C–C–N with tert-alkyl or cyclic N) is 1. The molecule has 0 bridgehead atoms. The van der Waals surface area contributed by atoms with Crippen LogP contribution in [-0.4, -0.2) is 24.3 Å². The van der Waals surface area contributed by atoms with Gasteiger partial charge in [-0.05, 0) is 43.4 Å². The Hall–Kier alpha value is -1.06. The van der Waals surface area contributed by atoms with Crippen LogP contribution in [0.3, 0.4) is 0 Å². The van der Waals surface area contributed by atoms with Crippen LogP contribution in [0.15, 0.2) is 24.3 Å². The third kappa shape index (κ3) is 2.85. The summed E-state index contributed by atoms with van der Waals surface area (Å²) in [5.41, 5.74) is 1.22. The quantitative estimate of drug-likeness (QED) is 0.814. The maximum Gasteiger partial charge on any atom is 0.118 e. The van der Waals surface area contributed by atoms with Gasteiger partial charge in [-0.25, -0.2) is 0 Å². The first-order valence-corrected chi connectivity index (χ1v) is 6.76. The summed E-state index contributed by atoms with van der Waals surface area (Å²) < 4.78 is 5.11. The first-order chi connectivity index (χ1) is 8.69. The van der Waals surface area contributed by atoms with Crippen molar-refractivity contribution in [3.05, 3.63) is 29.8 Å². The summed E-state index contributed by atoms with van der Waals surface area (Å²) in [6.07, 6.45) is 4.47. The molecule has 2 N–H and O–H groups in total. The number of hydrogen-bond donors (Lipinski definition) is 2. The highest BCUT2D eigenvalue weighted by atomic mass is 16.5. The number of benzene rings is 1. The number of nitrogens with one attached hydrogen (secondary N) is 1. The van der Waals surface area contributed by atoms with Gasteiger partial charge in [-0.15, -0.1) is 0 Å². The number of ether oxygens (including phenoxy) is 1. The molecule has 1 aromatic rings. The third-order valence-corrected chi connectivity index (χ3v) is 4.16. The van der Waals surface area contributed by atoms with Crippen molar-refractivity contribution in [1.82, 2.24) is 5.32 Å². The van der Waals surface area contributed by atoms with Crippen LogP contribution >= 0.6 is 0 Å². The smallest absolute Gasteiger partial charge is 0.118 e. The molecule has 0 aliphatic heterocycles. The monoisotopic (exact) mass is 249 g/mol. The molecule has 0 spiro atoms. The second-order valence-electron chi connectivity index (χ2n) is 5.16. The molecule has 3 heteroatoms. The first-order valence-electron chi connectivity index (χ1n) is 6.76. The summed E-state index contributed by atoms with van der Waals surface area (Å²) >= 11 is 0. The van der Waals surface area contributed by atoms with Crippen LogP contribution in [0.4, 0.5) is 0 Å². The summed E-state index contributed by atoms with van der Waals surface area (Å²) in [6.45, 7) is 2.84. The molecule has 1 unspecified atom stereocenters. The lowest BCUT2D eigenvalue weighted by molar-refractivity contribution is 0.119. The number of aliphatic hydroxyl groups excluding tert-OH is 1. The van der Waals surface area contributed by atoms with E-state index in [4.69, 9.17) is 4.74 Å². The van der Waals surface area contributed by atoms with E-state index in [2.05, 4.69) is 12.2 Å². The Kier molecular flexibility index (Phi) is 4.25. The van der Waals surface area contributed by atoms with E-state index in [1.54, 1.807) is 7.11 Å². The molecule has 1 atom stereocenters. The molecule has 2 rings (SSSR count). The molecular formula is C15H23NO2. The van der Waals surface area contributed by atoms with Gasteiger partial charge in [0.2, 0.25) is 0 Å². The van der Waals surface area contributed by atoms with Crippen molar-refractivity contribution in [3.63, 3.8) is 0 Å². The number of methoxy groups -OCH3 is 1. The van der Waals surface area contributed by atoms with Gasteiger partial charge in [-0.3, -0.25) is 0 Å². The van der Waals surface area contributed by atoms with Crippen LogP contribution in [0.1, 0.15) is 44.3 Å². The van der Waals surface area contributed by atoms with E-state index < -0.39 is 6.10 Å². The minimum Gasteiger partial charge on any atom is -0.497 e. The Morgan fingerprint density at radius 3 is 2.44 bits per heavy atom. The van der Waals surface area contributed by atoms with Crippen molar-refractivity contribution >= 4 is 0 Å². The lowest BCUT2D eigenvalue weighted by Crippen LogP contribution is -2.51. The summed E-state index contributed by atoms with van der Waals surface area (Å²) in [6, 6.07) is 7.62. The molecule has 0 amide bonds. The van der Waals surface area contributed by atoms with E-state index in [1.165, 1.54) is 19.3 Å². The van der Waals surface area contributed by atoms with Crippen LogP contribution < -0.4 is 10.1 Å². The fourth-order valence-electron chi connectivity index (χ4n) is 2.52. The molecule has 100 valence electrons. The summed E-state index contributed by atoms with van der Waals surface area (Å²) in [7, 11) is 1.65. The highest BCUT2D eigenvalue weighted by Gasteiger charge is 2.34. The number of rotatable bonds is 6. The van der Waals surface area contributed by atoms with Crippen LogP contribution in [-0.2, 0) is 0 Å². The topological polar surface area (TPSA) is 41.5 Å². The molecule has 1 aliphatic rings. The van der Waals surface area contributed by atoms with E-state index in [0.717, 1.165) is 17.7 Å². The van der Waals surface area contributed by atoms with Crippen molar-refractivity contribution in [2.75, 3.05) is 13.7 Å². The van der Waals surface area contributed by atoms with Gasteiger partial charge in [0.25, 0.3) is 0 Å². The second-order valence-corrected chi connectivity index (χ2v) is 5.16. The molecule has 0 aromatic heterocycles. The van der Waals surface area contributed by atoms with Crippen molar-refractivity contribution in [2.45, 2.75) is 44.2 Å². The van der Waals surface area contributed by atoms with Gasteiger partial charge >= 0.3 is 0 Å². The summed E-state index contributed by atoms with van der Waals surface area (Å²) in [5, 5.41) is 13.7. The second kappa shape index (κ2) is 5.72. The molecule has 18 heavy (non-hydrogen) atoms. The standard InChI is InChI=1S/C15H23NO2/c1-3-15(9-4-10-15)16-11-14(17)12-5-7-13(18-2)8-6-12/h5-8,14,16-17H,3-4,9-11H2,1-2H3. The predicted octanol–water partition coefficient (Wildman–Crippen LogP) is 2.65. The lowest BCUT2D eigenvalue weighted by Gasteiger charge is -2.42. The van der Waals surface area contributed by atoms with Gasteiger partial charge in [0.05, 0.1) is 13.2 Å². The highest BCUT2D eigenvalue weighted by molar-refractivity contribution is 5.28. The van der Waals surface area contributed by atoms with E-state index in [-0.39, 0.29) is 5.54 Å². The maximum atomic E-state index is 10.2. The number of aliphatic hydroxyl groups is 1. The average molecular weight is 249 g/mol. The van der Waals surface area contributed by atoms with Gasteiger partial charge in [-0.1, -0.05) is 19.1 Å². The Balaban J connectivity index is 1.88. The molecular weight excluding hydrogens is 226 g/mol. The largest absolute Gasteiger partial charge is 0.497 e. The minimum atomic E-state index is -0.445. The number of hydrogen-bond acceptors (Lipinski definition) is 3. The highest BCUT2D eigenvalue weighted by Crippen LogP contribution is 2.34. The normalized spacial score (nSPS) is 19.1. The predicted molar refractivity (Wildman–Crippen MR) is 72.8 cm³/mol. The van der Waals surface area contributed by atoms with E-state index >= 15 is 0 Å². The van der Waals surface area contributed by atoms with Crippen LogP contribution in [0.2, 0.25) is 0 Å². The van der Waals surface area contributed by atoms with Crippen molar-refractivity contribution in [3.8, 4) is 5.75 Å². The third-order valence-electron chi connectivity index (χ3n) is 4.16. The minimum absolute atomic E-state index is 0.285. The summed E-state index contributed by atoms with van der Waals surface area (Å²) in [4.78, 5) is 0. The Labute approximate surface area is 109 Å². The zero-order chi connectivity index (χ0) is 13.0. The lowest BCUT2D eigenvalue weighted by atomic mass is 9.75. The molecule has 1 fully saturated rings. The van der Waals surface area contributed by atoms with Crippen LogP contribution in [0.25, 0.3) is 0 Å². The molecule has 1 saturated carbocycles. The fraction of sp³-hybridized carbons (Fsp3) is 0.600. The molecule has 0 heterocycles. The zero-order valence-corrected chi connectivity index (χ0v) is 11.3. The SMILES string of the molecule is CCC1(NCC(O)c2ccc(OC)cc2)CCC1. The zero-order valence-electron chi connectivity index (χ0n) is 11.3. The molecule has 1 aromatic carbocycles. The van der Waals surface area contributed by atoms with Crippen LogP contribution in [0.5, 0.6) is 5.75 Å². The van der Waals surface area contributed by atoms with Crippen LogP contribution in [0, 0.1) is 0 Å². The Morgan fingerprint density at radius 1 is 1.33 bits per heavy atom. The fourth-order valence-corrected chi connectivity index (χ4v) is 2.52. The summed E-state index contributed by atoms with van der Waals surface area (Å²) in [5.74, 6) is 0.822. The maximum absolute atomic E-state index is 10.2. The van der Waals surface area contributed by atoms with Crippen molar-refractivity contribution in [1.29, 1.82) is 0 Å². The Morgan fingerprint density at radius 2 is 2.00 bits per heavy atom. The molecule has 3 nitrogen and oxygen atoms in total. The van der Waals surface area contributed by atoms with E-state index in [1.807, 2.05) is 24.3 Å². The van der Waals surface area contributed by atoms with Gasteiger partial charge in [0.1, 0.15) is 5.75 Å². The Bertz CT molecular complexity index is 365. The van der Waals surface area contributed by atoms with Gasteiger partial charge in [0, 0.05) is 12.1 Å². The van der Waals surface area contributed by atoms with E-state index in [0.29, 0.717) is 6.54 Å². The molecule has 1 aliphatic carbocycles. The van der Waals surface area contributed by atoms with E-state index in [9.17, 15) is 5.11 Å². The molecule has 0 radical (unpaired) electrons. The first kappa shape index (κ1) is 13.4. The van der Waals surface area contributed by atoms with Gasteiger partial charge in [-0.2, -0.15) is 0 Å². The van der Waals surface area contributed by atoms with Crippen molar-refractivity contribution in [2.24, 2.45) is 0 Å². The average Bonchev–Trinajstić information content (AvgIpc) is 2.38.